The summed E-state index contributed by atoms with van der Waals surface area (Å²) in [4.78, 5) is 0. The monoisotopic (exact) mass is 271 g/mol. The number of hydrogen-bond donors (Lipinski definition) is 1. The Hall–Kier alpha value is -0.0300. The van der Waals surface area contributed by atoms with Gasteiger partial charge in [0.15, 0.2) is 0 Å². The molecule has 0 bridgehead atoms. The number of nitrogens with zero attached hydrogens (tertiary/aromatic N) is 3. The Morgan fingerprint density at radius 1 is 1.40 bits per heavy atom. The Morgan fingerprint density at radius 2 is 2.00 bits per heavy atom. The fraction of sp³-hybridized carbons (Fsp3) is 0.750. The van der Waals surface area contributed by atoms with Gasteiger partial charge in [0.1, 0.15) is 11.4 Å². The van der Waals surface area contributed by atoms with Crippen LogP contribution in [0.5, 0.6) is 0 Å². The van der Waals surface area contributed by atoms with Crippen molar-refractivity contribution in [3.63, 3.8) is 0 Å². The second-order valence-corrected chi connectivity index (χ2v) is 5.90. The fourth-order valence-corrected chi connectivity index (χ4v) is 1.86. The molecule has 0 fully saturated rings. The molecule has 0 atom stereocenters. The zero-order valence-electron chi connectivity index (χ0n) is 8.41. The first kappa shape index (κ1) is 13.0. The van der Waals surface area contributed by atoms with Crippen molar-refractivity contribution in [3.8, 4) is 0 Å². The third-order valence-electron chi connectivity index (χ3n) is 1.76. The van der Waals surface area contributed by atoms with Crippen LogP contribution < -0.4 is 0 Å². The van der Waals surface area contributed by atoms with Gasteiger partial charge in [-0.25, -0.2) is 4.68 Å². The molecular formula is C8H12Cl3N3O. The minimum Gasteiger partial charge on any atom is -0.390 e. The van der Waals surface area contributed by atoms with Gasteiger partial charge in [0.25, 0.3) is 0 Å². The van der Waals surface area contributed by atoms with Gasteiger partial charge in [-0.15, -0.1) is 5.10 Å². The normalized spacial score (nSPS) is 12.5. The summed E-state index contributed by atoms with van der Waals surface area (Å²) in [6, 6.07) is 0. The van der Waals surface area contributed by atoms with E-state index in [2.05, 4.69) is 10.3 Å². The Labute approximate surface area is 103 Å². The number of aromatic nitrogens is 3. The standard InChI is InChI=1S/C8H12Cl3N3O/c1-5(2)3-14-7(8(9,10)11)6(4-15)12-13-14/h5,15H,3-4H2,1-2H3. The van der Waals surface area contributed by atoms with Crippen LogP contribution >= 0.6 is 34.8 Å². The van der Waals surface area contributed by atoms with E-state index in [0.29, 0.717) is 23.9 Å². The second-order valence-electron chi connectivity index (χ2n) is 3.62. The summed E-state index contributed by atoms with van der Waals surface area (Å²) in [6.45, 7) is 4.34. The maximum absolute atomic E-state index is 9.04. The summed E-state index contributed by atoms with van der Waals surface area (Å²) in [5.41, 5.74) is 0.638. The number of rotatable bonds is 3. The highest BCUT2D eigenvalue weighted by Gasteiger charge is 2.32. The molecule has 0 radical (unpaired) electrons. The van der Waals surface area contributed by atoms with Crippen molar-refractivity contribution in [2.24, 2.45) is 5.92 Å². The molecule has 4 nitrogen and oxygen atoms in total. The Bertz CT molecular complexity index is 332. The predicted molar refractivity (Wildman–Crippen MR) is 60.0 cm³/mol. The Morgan fingerprint density at radius 3 is 2.40 bits per heavy atom. The number of alkyl halides is 3. The maximum Gasteiger partial charge on any atom is 0.234 e. The summed E-state index contributed by atoms with van der Waals surface area (Å²) in [5, 5.41) is 16.6. The average molecular weight is 273 g/mol. The molecule has 15 heavy (non-hydrogen) atoms. The lowest BCUT2D eigenvalue weighted by atomic mass is 10.2. The van der Waals surface area contributed by atoms with E-state index in [-0.39, 0.29) is 6.61 Å². The lowest BCUT2D eigenvalue weighted by molar-refractivity contribution is 0.275. The van der Waals surface area contributed by atoms with Crippen LogP contribution in [0.3, 0.4) is 0 Å². The predicted octanol–water partition coefficient (Wildman–Crippen LogP) is 2.25. The van der Waals surface area contributed by atoms with E-state index in [1.165, 1.54) is 4.68 Å². The summed E-state index contributed by atoms with van der Waals surface area (Å²) in [5.74, 6) is 0.351. The highest BCUT2D eigenvalue weighted by molar-refractivity contribution is 6.66. The maximum atomic E-state index is 9.04. The fourth-order valence-electron chi connectivity index (χ4n) is 1.24. The number of aliphatic hydroxyl groups is 1. The van der Waals surface area contributed by atoms with Gasteiger partial charge in [0.2, 0.25) is 3.79 Å². The minimum absolute atomic E-state index is 0.290. The van der Waals surface area contributed by atoms with E-state index in [9.17, 15) is 0 Å². The van der Waals surface area contributed by atoms with Gasteiger partial charge in [0.05, 0.1) is 6.61 Å². The molecule has 0 aliphatic heterocycles. The first-order valence-corrected chi connectivity index (χ1v) is 5.60. The van der Waals surface area contributed by atoms with Crippen molar-refractivity contribution < 1.29 is 5.11 Å². The van der Waals surface area contributed by atoms with Crippen molar-refractivity contribution in [2.75, 3.05) is 0 Å². The van der Waals surface area contributed by atoms with Crippen LogP contribution in [0.2, 0.25) is 0 Å². The SMILES string of the molecule is CC(C)Cn1nnc(CO)c1C(Cl)(Cl)Cl. The lowest BCUT2D eigenvalue weighted by Gasteiger charge is -2.15. The van der Waals surface area contributed by atoms with Gasteiger partial charge in [-0.1, -0.05) is 53.9 Å². The van der Waals surface area contributed by atoms with Gasteiger partial charge >= 0.3 is 0 Å². The molecule has 86 valence electrons. The zero-order chi connectivity index (χ0) is 11.6. The summed E-state index contributed by atoms with van der Waals surface area (Å²) in [6.07, 6.45) is 0. The lowest BCUT2D eigenvalue weighted by Crippen LogP contribution is -2.16. The Kier molecular flexibility index (Phi) is 4.23. The molecule has 0 aromatic carbocycles. The molecule has 0 unspecified atom stereocenters. The van der Waals surface area contributed by atoms with Crippen molar-refractivity contribution in [2.45, 2.75) is 30.8 Å². The van der Waals surface area contributed by atoms with Crippen LogP contribution in [0.1, 0.15) is 25.2 Å². The van der Waals surface area contributed by atoms with Gasteiger partial charge < -0.3 is 5.11 Å². The highest BCUT2D eigenvalue weighted by atomic mass is 35.6. The third-order valence-corrected chi connectivity index (χ3v) is 2.30. The summed E-state index contributed by atoms with van der Waals surface area (Å²) in [7, 11) is 0. The second kappa shape index (κ2) is 4.87. The topological polar surface area (TPSA) is 50.9 Å². The molecule has 0 aliphatic carbocycles. The molecule has 1 aromatic heterocycles. The average Bonchev–Trinajstić information content (AvgIpc) is 2.45. The van der Waals surface area contributed by atoms with E-state index in [0.717, 1.165) is 0 Å². The summed E-state index contributed by atoms with van der Waals surface area (Å²) < 4.78 is -0.0975. The zero-order valence-corrected chi connectivity index (χ0v) is 10.7. The molecule has 0 saturated carbocycles. The van der Waals surface area contributed by atoms with Crippen LogP contribution in [-0.2, 0) is 16.9 Å². The molecule has 0 aliphatic rings. The van der Waals surface area contributed by atoms with E-state index < -0.39 is 3.79 Å². The quantitative estimate of drug-likeness (QED) is 0.859. The van der Waals surface area contributed by atoms with Crippen LogP contribution in [0.15, 0.2) is 0 Å². The van der Waals surface area contributed by atoms with Gasteiger partial charge in [-0.2, -0.15) is 0 Å². The van der Waals surface area contributed by atoms with Crippen LogP contribution in [0, 0.1) is 5.92 Å². The smallest absolute Gasteiger partial charge is 0.234 e. The number of halogens is 3. The number of aliphatic hydroxyl groups excluding tert-OH is 1. The molecule has 1 heterocycles. The minimum atomic E-state index is -1.61. The van der Waals surface area contributed by atoms with Gasteiger partial charge in [-0.3, -0.25) is 0 Å². The Balaban J connectivity index is 3.12. The van der Waals surface area contributed by atoms with Crippen molar-refractivity contribution >= 4 is 34.8 Å². The molecule has 1 aromatic rings. The summed E-state index contributed by atoms with van der Waals surface area (Å²) >= 11 is 17.4. The molecule has 0 spiro atoms. The molecule has 7 heteroatoms. The molecule has 0 saturated heterocycles. The van der Waals surface area contributed by atoms with Crippen molar-refractivity contribution in [1.82, 2.24) is 15.0 Å². The third kappa shape index (κ3) is 3.21. The first-order valence-electron chi connectivity index (χ1n) is 4.46. The van der Waals surface area contributed by atoms with Gasteiger partial charge in [0, 0.05) is 6.54 Å². The molecular weight excluding hydrogens is 260 g/mol. The van der Waals surface area contributed by atoms with Crippen LogP contribution in [0.4, 0.5) is 0 Å². The van der Waals surface area contributed by atoms with E-state index in [4.69, 9.17) is 39.9 Å². The largest absolute Gasteiger partial charge is 0.390 e. The van der Waals surface area contributed by atoms with E-state index in [1.807, 2.05) is 13.8 Å². The molecule has 1 N–H and O–H groups in total. The molecule has 1 rings (SSSR count). The van der Waals surface area contributed by atoms with Crippen LogP contribution in [0.25, 0.3) is 0 Å². The molecule has 0 amide bonds. The first-order chi connectivity index (χ1) is 6.86. The van der Waals surface area contributed by atoms with E-state index >= 15 is 0 Å². The van der Waals surface area contributed by atoms with Crippen molar-refractivity contribution in [1.29, 1.82) is 0 Å². The van der Waals surface area contributed by atoms with Crippen LogP contribution in [-0.4, -0.2) is 20.1 Å². The number of hydrogen-bond acceptors (Lipinski definition) is 3. The highest BCUT2D eigenvalue weighted by Crippen LogP contribution is 2.39. The van der Waals surface area contributed by atoms with Crippen molar-refractivity contribution in [3.05, 3.63) is 11.4 Å². The van der Waals surface area contributed by atoms with Gasteiger partial charge in [-0.05, 0) is 5.92 Å². The van der Waals surface area contributed by atoms with E-state index in [1.54, 1.807) is 0 Å².